The van der Waals surface area contributed by atoms with E-state index in [1.54, 1.807) is 23.1 Å². The van der Waals surface area contributed by atoms with E-state index >= 15 is 0 Å². The van der Waals surface area contributed by atoms with E-state index in [1.807, 2.05) is 45.0 Å². The van der Waals surface area contributed by atoms with Crippen LogP contribution in [-0.2, 0) is 9.59 Å². The number of amides is 1. The van der Waals surface area contributed by atoms with Gasteiger partial charge in [0, 0.05) is 11.6 Å². The van der Waals surface area contributed by atoms with Crippen molar-refractivity contribution < 1.29 is 24.2 Å². The molecular formula is C28H33NO5. The lowest BCUT2D eigenvalue weighted by atomic mass is 9.94. The number of likely N-dealkylation sites (tertiary alicyclic amines) is 1. The molecule has 1 aliphatic heterocycles. The first-order valence-electron chi connectivity index (χ1n) is 12.2. The highest BCUT2D eigenvalue weighted by Gasteiger charge is 2.49. The maximum Gasteiger partial charge on any atom is 0.295 e. The number of rotatable bonds is 8. The van der Waals surface area contributed by atoms with Crippen molar-refractivity contribution in [3.63, 3.8) is 0 Å². The van der Waals surface area contributed by atoms with Crippen molar-refractivity contribution in [2.75, 3.05) is 13.2 Å². The summed E-state index contributed by atoms with van der Waals surface area (Å²) in [4.78, 5) is 28.3. The van der Waals surface area contributed by atoms with Gasteiger partial charge in [0.25, 0.3) is 11.7 Å². The average Bonchev–Trinajstić information content (AvgIpc) is 3.45. The van der Waals surface area contributed by atoms with Crippen LogP contribution in [0.15, 0.2) is 48.0 Å². The molecule has 2 aromatic carbocycles. The van der Waals surface area contributed by atoms with Crippen LogP contribution in [-0.4, -0.2) is 41.0 Å². The molecule has 0 radical (unpaired) electrons. The van der Waals surface area contributed by atoms with Crippen molar-refractivity contribution in [2.45, 2.75) is 65.0 Å². The van der Waals surface area contributed by atoms with E-state index in [0.717, 1.165) is 49.0 Å². The molecule has 2 aliphatic rings. The van der Waals surface area contributed by atoms with Crippen LogP contribution in [0.3, 0.4) is 0 Å². The maximum atomic E-state index is 13.3. The van der Waals surface area contributed by atoms with Crippen molar-refractivity contribution in [2.24, 2.45) is 0 Å². The van der Waals surface area contributed by atoms with Crippen LogP contribution in [0.5, 0.6) is 11.5 Å². The number of ketones is 1. The highest BCUT2D eigenvalue weighted by molar-refractivity contribution is 6.46. The molecule has 1 saturated carbocycles. The molecule has 0 bridgehead atoms. The van der Waals surface area contributed by atoms with E-state index in [0.29, 0.717) is 24.5 Å². The summed E-state index contributed by atoms with van der Waals surface area (Å²) >= 11 is 0. The molecule has 0 spiro atoms. The number of aliphatic hydroxyl groups excluding tert-OH is 1. The maximum absolute atomic E-state index is 13.3. The summed E-state index contributed by atoms with van der Waals surface area (Å²) in [5, 5.41) is 11.4. The summed E-state index contributed by atoms with van der Waals surface area (Å²) < 4.78 is 11.4. The van der Waals surface area contributed by atoms with Gasteiger partial charge in [-0.1, -0.05) is 31.9 Å². The number of Topliss-reactive ketones (excluding diaryl/α,β-unsaturated/α-hetero) is 1. The minimum absolute atomic E-state index is 0.0194. The van der Waals surface area contributed by atoms with Gasteiger partial charge in [0.15, 0.2) is 0 Å². The zero-order chi connectivity index (χ0) is 24.2. The van der Waals surface area contributed by atoms with Crippen molar-refractivity contribution in [3.05, 3.63) is 64.7 Å². The Labute approximate surface area is 201 Å². The van der Waals surface area contributed by atoms with E-state index in [1.165, 1.54) is 0 Å². The highest BCUT2D eigenvalue weighted by Crippen LogP contribution is 2.44. The fraction of sp³-hybridized carbons (Fsp3) is 0.429. The van der Waals surface area contributed by atoms with Crippen LogP contribution >= 0.6 is 0 Å². The van der Waals surface area contributed by atoms with E-state index in [4.69, 9.17) is 9.47 Å². The lowest BCUT2D eigenvalue weighted by Crippen LogP contribution is -2.37. The molecule has 4 rings (SSSR count). The molecule has 1 unspecified atom stereocenters. The fourth-order valence-electron chi connectivity index (χ4n) is 5.00. The molecular weight excluding hydrogens is 430 g/mol. The van der Waals surface area contributed by atoms with Crippen molar-refractivity contribution in [1.82, 2.24) is 4.90 Å². The van der Waals surface area contributed by atoms with Gasteiger partial charge in [-0.25, -0.2) is 0 Å². The van der Waals surface area contributed by atoms with Crippen LogP contribution in [0.2, 0.25) is 0 Å². The SMILES string of the molecule is CCCOc1ccc(/C(O)=C2\C(=O)C(=O)N(C3CCCC3)C2c2cccc(OCC)c2)cc1C. The second-order valence-electron chi connectivity index (χ2n) is 8.98. The van der Waals surface area contributed by atoms with Crippen molar-refractivity contribution >= 4 is 17.4 Å². The van der Waals surface area contributed by atoms with Gasteiger partial charge in [0.1, 0.15) is 17.3 Å². The molecule has 6 heteroatoms. The van der Waals surface area contributed by atoms with Crippen molar-refractivity contribution in [3.8, 4) is 11.5 Å². The topological polar surface area (TPSA) is 76.1 Å². The van der Waals surface area contributed by atoms with Gasteiger partial charge in [0.05, 0.1) is 24.8 Å². The molecule has 6 nitrogen and oxygen atoms in total. The Balaban J connectivity index is 1.82. The Morgan fingerprint density at radius 2 is 1.82 bits per heavy atom. The normalized spacial score (nSPS) is 20.2. The molecule has 1 saturated heterocycles. The number of aliphatic hydroxyl groups is 1. The number of carbonyl (C=O) groups excluding carboxylic acids is 2. The molecule has 180 valence electrons. The second kappa shape index (κ2) is 10.3. The summed E-state index contributed by atoms with van der Waals surface area (Å²) in [5.41, 5.74) is 2.25. The molecule has 1 atom stereocenters. The van der Waals surface area contributed by atoms with E-state index in [-0.39, 0.29) is 17.4 Å². The number of ether oxygens (including phenoxy) is 2. The summed E-state index contributed by atoms with van der Waals surface area (Å²) in [6.07, 6.45) is 4.66. The molecule has 2 fully saturated rings. The third-order valence-electron chi connectivity index (χ3n) is 6.59. The van der Waals surface area contributed by atoms with Gasteiger partial charge in [0.2, 0.25) is 0 Å². The first kappa shape index (κ1) is 23.9. The monoisotopic (exact) mass is 463 g/mol. The predicted molar refractivity (Wildman–Crippen MR) is 131 cm³/mol. The lowest BCUT2D eigenvalue weighted by molar-refractivity contribution is -0.141. The molecule has 1 amide bonds. The summed E-state index contributed by atoms with van der Waals surface area (Å²) in [6.45, 7) is 6.97. The number of carbonyl (C=O) groups is 2. The summed E-state index contributed by atoms with van der Waals surface area (Å²) in [5.74, 6) is 0.0758. The van der Waals surface area contributed by atoms with Crippen LogP contribution in [0, 0.1) is 6.92 Å². The molecule has 1 heterocycles. The minimum atomic E-state index is -0.653. The number of hydrogen-bond acceptors (Lipinski definition) is 5. The molecule has 1 N–H and O–H groups in total. The summed E-state index contributed by atoms with van der Waals surface area (Å²) in [6, 6.07) is 12.1. The molecule has 0 aromatic heterocycles. The zero-order valence-electron chi connectivity index (χ0n) is 20.2. The van der Waals surface area contributed by atoms with E-state index in [9.17, 15) is 14.7 Å². The highest BCUT2D eigenvalue weighted by atomic mass is 16.5. The van der Waals surface area contributed by atoms with Crippen LogP contribution in [0.1, 0.15) is 68.7 Å². The average molecular weight is 464 g/mol. The largest absolute Gasteiger partial charge is 0.507 e. The van der Waals surface area contributed by atoms with E-state index in [2.05, 4.69) is 0 Å². The Morgan fingerprint density at radius 3 is 2.50 bits per heavy atom. The Bertz CT molecular complexity index is 1100. The number of hydrogen-bond donors (Lipinski definition) is 1. The van der Waals surface area contributed by atoms with Crippen LogP contribution in [0.4, 0.5) is 0 Å². The quantitative estimate of drug-likeness (QED) is 0.316. The first-order chi connectivity index (χ1) is 16.5. The lowest BCUT2D eigenvalue weighted by Gasteiger charge is -2.31. The molecule has 1 aliphatic carbocycles. The van der Waals surface area contributed by atoms with Gasteiger partial charge in [-0.05, 0) is 74.6 Å². The van der Waals surface area contributed by atoms with Gasteiger partial charge in [-0.2, -0.15) is 0 Å². The Kier molecular flexibility index (Phi) is 7.25. The molecule has 2 aromatic rings. The standard InChI is InChI=1S/C28H33NO5/c1-4-15-34-23-14-13-20(16-18(23)3)26(30)24-25(19-9-8-12-22(17-19)33-5-2)29(28(32)27(24)31)21-10-6-7-11-21/h8-9,12-14,16-17,21,25,30H,4-7,10-11,15H2,1-3H3/b26-24+. The third-order valence-corrected chi connectivity index (χ3v) is 6.59. The van der Waals surface area contributed by atoms with Crippen molar-refractivity contribution in [1.29, 1.82) is 0 Å². The number of benzene rings is 2. The fourth-order valence-corrected chi connectivity index (χ4v) is 5.00. The van der Waals surface area contributed by atoms with Gasteiger partial charge < -0.3 is 19.5 Å². The first-order valence-corrected chi connectivity index (χ1v) is 12.2. The minimum Gasteiger partial charge on any atom is -0.507 e. The number of nitrogens with zero attached hydrogens (tertiary/aromatic N) is 1. The van der Waals surface area contributed by atoms with E-state index < -0.39 is 17.7 Å². The Hall–Kier alpha value is -3.28. The van der Waals surface area contributed by atoms with Crippen LogP contribution < -0.4 is 9.47 Å². The zero-order valence-corrected chi connectivity index (χ0v) is 20.2. The van der Waals surface area contributed by atoms with Gasteiger partial charge in [-0.15, -0.1) is 0 Å². The molecule has 34 heavy (non-hydrogen) atoms. The predicted octanol–water partition coefficient (Wildman–Crippen LogP) is 5.55. The van der Waals surface area contributed by atoms with Crippen LogP contribution in [0.25, 0.3) is 5.76 Å². The smallest absolute Gasteiger partial charge is 0.295 e. The number of aryl methyl sites for hydroxylation is 1. The summed E-state index contributed by atoms with van der Waals surface area (Å²) in [7, 11) is 0. The third kappa shape index (κ3) is 4.54. The second-order valence-corrected chi connectivity index (χ2v) is 8.98. The van der Waals surface area contributed by atoms with Gasteiger partial charge >= 0.3 is 0 Å². The Morgan fingerprint density at radius 1 is 1.06 bits per heavy atom. The van der Waals surface area contributed by atoms with Gasteiger partial charge in [-0.3, -0.25) is 9.59 Å².